The fraction of sp³-hybridized carbons (Fsp3) is 0.559. The second-order valence-electron chi connectivity index (χ2n) is 11.7. The number of ether oxygens (including phenoxy) is 1. The standard InChI is InChI=1S/C34H46N4O3/c35-26-34(18-16-28-10-4-1-5-11-28,27-36-19-17-29-12-6-2-7-13-29)37-33(40)31(24-30-14-8-3-9-15-30)25-32(39)38-20-22-41-23-21-38/h1-2,4-7,10-13,30-31,36H,3,8-9,14-25,27H2,(H,37,40). The van der Waals surface area contributed by atoms with Crippen molar-refractivity contribution >= 4 is 11.8 Å². The van der Waals surface area contributed by atoms with Crippen LogP contribution in [0.2, 0.25) is 0 Å². The highest BCUT2D eigenvalue weighted by atomic mass is 16.5. The molecule has 2 aliphatic rings. The number of aryl methyl sites for hydroxylation is 1. The largest absolute Gasteiger partial charge is 0.378 e. The van der Waals surface area contributed by atoms with E-state index in [1.54, 1.807) is 0 Å². The van der Waals surface area contributed by atoms with E-state index in [-0.39, 0.29) is 18.2 Å². The van der Waals surface area contributed by atoms with Crippen LogP contribution >= 0.6 is 0 Å². The first-order valence-electron chi connectivity index (χ1n) is 15.4. The summed E-state index contributed by atoms with van der Waals surface area (Å²) in [5, 5.41) is 17.2. The lowest BCUT2D eigenvalue weighted by Crippen LogP contribution is -2.56. The molecule has 2 aromatic rings. The Morgan fingerprint density at radius 2 is 1.59 bits per heavy atom. The first-order valence-corrected chi connectivity index (χ1v) is 15.4. The van der Waals surface area contributed by atoms with Crippen LogP contribution in [0.15, 0.2) is 60.7 Å². The lowest BCUT2D eigenvalue weighted by Gasteiger charge is -2.33. The molecule has 2 aromatic carbocycles. The maximum Gasteiger partial charge on any atom is 0.224 e. The van der Waals surface area contributed by atoms with Gasteiger partial charge >= 0.3 is 0 Å². The summed E-state index contributed by atoms with van der Waals surface area (Å²) in [7, 11) is 0. The summed E-state index contributed by atoms with van der Waals surface area (Å²) in [5.41, 5.74) is 1.29. The van der Waals surface area contributed by atoms with E-state index in [0.29, 0.717) is 64.6 Å². The van der Waals surface area contributed by atoms with Crippen molar-refractivity contribution in [2.24, 2.45) is 11.8 Å². The number of hydrogen-bond acceptors (Lipinski definition) is 5. The van der Waals surface area contributed by atoms with Crippen molar-refractivity contribution in [2.75, 3.05) is 39.4 Å². The molecule has 2 unspecified atom stereocenters. The van der Waals surface area contributed by atoms with Crippen molar-refractivity contribution in [2.45, 2.75) is 69.7 Å². The zero-order valence-electron chi connectivity index (χ0n) is 24.4. The molecule has 2 atom stereocenters. The number of nitrogens with zero attached hydrogens (tertiary/aromatic N) is 2. The highest BCUT2D eigenvalue weighted by Gasteiger charge is 2.36. The third-order valence-corrected chi connectivity index (χ3v) is 8.62. The van der Waals surface area contributed by atoms with E-state index in [1.807, 2.05) is 41.3 Å². The van der Waals surface area contributed by atoms with Gasteiger partial charge in [-0.15, -0.1) is 0 Å². The van der Waals surface area contributed by atoms with Crippen molar-refractivity contribution in [3.8, 4) is 6.07 Å². The Morgan fingerprint density at radius 1 is 0.951 bits per heavy atom. The van der Waals surface area contributed by atoms with E-state index in [1.165, 1.54) is 24.8 Å². The summed E-state index contributed by atoms with van der Waals surface area (Å²) in [5.74, 6) is -0.155. The number of hydrogen-bond donors (Lipinski definition) is 2. The fourth-order valence-corrected chi connectivity index (χ4v) is 6.10. The molecule has 1 aliphatic heterocycles. The topological polar surface area (TPSA) is 94.5 Å². The van der Waals surface area contributed by atoms with Crippen LogP contribution in [-0.4, -0.2) is 61.6 Å². The Balaban J connectivity index is 1.46. The van der Waals surface area contributed by atoms with Crippen LogP contribution in [0.5, 0.6) is 0 Å². The van der Waals surface area contributed by atoms with Gasteiger partial charge in [-0.25, -0.2) is 0 Å². The number of carbonyl (C=O) groups is 2. The molecule has 220 valence electrons. The van der Waals surface area contributed by atoms with Crippen LogP contribution in [-0.2, 0) is 27.2 Å². The van der Waals surface area contributed by atoms with Crippen molar-refractivity contribution in [3.63, 3.8) is 0 Å². The molecule has 2 amide bonds. The lowest BCUT2D eigenvalue weighted by molar-refractivity contribution is -0.140. The van der Waals surface area contributed by atoms with Gasteiger partial charge in [0.1, 0.15) is 5.54 Å². The van der Waals surface area contributed by atoms with Crippen molar-refractivity contribution in [1.82, 2.24) is 15.5 Å². The molecule has 41 heavy (non-hydrogen) atoms. The van der Waals surface area contributed by atoms with Gasteiger partial charge in [0.25, 0.3) is 0 Å². The summed E-state index contributed by atoms with van der Waals surface area (Å²) in [6.07, 6.45) is 8.70. The quantitative estimate of drug-likeness (QED) is 0.329. The first kappa shape index (κ1) is 30.7. The number of rotatable bonds is 14. The molecule has 2 N–H and O–H groups in total. The van der Waals surface area contributed by atoms with E-state index in [4.69, 9.17) is 4.74 Å². The van der Waals surface area contributed by atoms with Gasteiger partial charge in [-0.3, -0.25) is 9.59 Å². The van der Waals surface area contributed by atoms with Gasteiger partial charge in [-0.05, 0) is 49.3 Å². The van der Waals surface area contributed by atoms with Gasteiger partial charge in [0.05, 0.1) is 19.3 Å². The first-order chi connectivity index (χ1) is 20.1. The van der Waals surface area contributed by atoms with Crippen LogP contribution in [0.25, 0.3) is 0 Å². The molecule has 1 heterocycles. The van der Waals surface area contributed by atoms with Crippen LogP contribution in [0.4, 0.5) is 0 Å². The number of benzene rings is 2. The van der Waals surface area contributed by atoms with E-state index >= 15 is 0 Å². The van der Waals surface area contributed by atoms with E-state index in [0.717, 1.165) is 24.8 Å². The Labute approximate surface area is 245 Å². The minimum absolute atomic E-state index is 0.0112. The van der Waals surface area contributed by atoms with E-state index < -0.39 is 11.5 Å². The number of carbonyl (C=O) groups excluding carboxylic acids is 2. The zero-order valence-corrected chi connectivity index (χ0v) is 24.4. The van der Waals surface area contributed by atoms with Gasteiger partial charge in [0.2, 0.25) is 11.8 Å². The molecule has 7 heteroatoms. The Morgan fingerprint density at radius 3 is 2.22 bits per heavy atom. The average molecular weight is 559 g/mol. The fourth-order valence-electron chi connectivity index (χ4n) is 6.10. The molecule has 1 aliphatic carbocycles. The van der Waals surface area contributed by atoms with Gasteiger partial charge in [0.15, 0.2) is 0 Å². The van der Waals surface area contributed by atoms with E-state index in [9.17, 15) is 14.9 Å². The van der Waals surface area contributed by atoms with Crippen LogP contribution in [0.1, 0.15) is 62.5 Å². The minimum Gasteiger partial charge on any atom is -0.378 e. The zero-order chi connectivity index (χ0) is 28.8. The molecule has 0 aromatic heterocycles. The SMILES string of the molecule is N#CC(CCc1ccccc1)(CNCCc1ccccc1)NC(=O)C(CC(=O)N1CCOCC1)CC1CCCCC1. The van der Waals surface area contributed by atoms with E-state index in [2.05, 4.69) is 41.0 Å². The summed E-state index contributed by atoms with van der Waals surface area (Å²) >= 11 is 0. The Bertz CT molecular complexity index is 1110. The Kier molecular flexibility index (Phi) is 12.2. The monoisotopic (exact) mass is 558 g/mol. The molecule has 0 radical (unpaired) electrons. The van der Waals surface area contributed by atoms with Crippen LogP contribution < -0.4 is 10.6 Å². The second kappa shape index (κ2) is 16.3. The molecule has 2 fully saturated rings. The summed E-state index contributed by atoms with van der Waals surface area (Å²) < 4.78 is 5.43. The molecular weight excluding hydrogens is 512 g/mol. The smallest absolute Gasteiger partial charge is 0.224 e. The summed E-state index contributed by atoms with van der Waals surface area (Å²) in [4.78, 5) is 29.1. The van der Waals surface area contributed by atoms with Crippen LogP contribution in [0, 0.1) is 23.2 Å². The third-order valence-electron chi connectivity index (χ3n) is 8.62. The number of nitriles is 1. The minimum atomic E-state index is -1.07. The Hall–Kier alpha value is -3.21. The number of morpholine rings is 1. The highest BCUT2D eigenvalue weighted by Crippen LogP contribution is 2.31. The molecule has 1 saturated heterocycles. The third kappa shape index (κ3) is 9.98. The lowest BCUT2D eigenvalue weighted by atomic mass is 9.81. The number of nitrogens with one attached hydrogen (secondary N) is 2. The highest BCUT2D eigenvalue weighted by molar-refractivity contribution is 5.86. The molecule has 7 nitrogen and oxygen atoms in total. The second-order valence-corrected chi connectivity index (χ2v) is 11.7. The molecule has 0 bridgehead atoms. The van der Waals surface area contributed by atoms with Gasteiger partial charge in [-0.2, -0.15) is 5.26 Å². The summed E-state index contributed by atoms with van der Waals surface area (Å²) in [6.45, 7) is 3.27. The van der Waals surface area contributed by atoms with Crippen molar-refractivity contribution < 1.29 is 14.3 Å². The van der Waals surface area contributed by atoms with Crippen molar-refractivity contribution in [3.05, 3.63) is 71.8 Å². The summed E-state index contributed by atoms with van der Waals surface area (Å²) in [6, 6.07) is 22.8. The van der Waals surface area contributed by atoms with Gasteiger partial charge < -0.3 is 20.3 Å². The molecule has 1 saturated carbocycles. The predicted octanol–water partition coefficient (Wildman–Crippen LogP) is 4.67. The van der Waals surface area contributed by atoms with Gasteiger partial charge in [0, 0.05) is 32.0 Å². The maximum atomic E-state index is 14.0. The normalized spacial score (nSPS) is 18.2. The van der Waals surface area contributed by atoms with Crippen molar-refractivity contribution in [1.29, 1.82) is 5.26 Å². The average Bonchev–Trinajstić information content (AvgIpc) is 3.03. The maximum absolute atomic E-state index is 14.0. The van der Waals surface area contributed by atoms with Gasteiger partial charge in [-0.1, -0.05) is 92.8 Å². The predicted molar refractivity (Wildman–Crippen MR) is 161 cm³/mol. The molecule has 4 rings (SSSR count). The molecular formula is C34H46N4O3. The van der Waals surface area contributed by atoms with Crippen LogP contribution in [0.3, 0.4) is 0 Å². The number of amides is 2. The molecule has 0 spiro atoms.